The smallest absolute Gasteiger partial charge is 0.337 e. The molecule has 1 aromatic rings. The second kappa shape index (κ2) is 6.61. The maximum absolute atomic E-state index is 11.4. The number of nitrogen functional groups attached to an aromatic ring is 1. The Morgan fingerprint density at radius 2 is 2.00 bits per heavy atom. The first kappa shape index (κ1) is 14.7. The summed E-state index contributed by atoms with van der Waals surface area (Å²) in [5, 5.41) is 18.7. The average Bonchev–Trinajstić information content (AvgIpc) is 2.46. The van der Waals surface area contributed by atoms with Crippen molar-refractivity contribution in [2.75, 3.05) is 23.8 Å². The van der Waals surface area contributed by atoms with Crippen LogP contribution in [0, 0.1) is 0 Å². The van der Waals surface area contributed by atoms with Gasteiger partial charge in [-0.1, -0.05) is 25.3 Å². The van der Waals surface area contributed by atoms with Crippen LogP contribution in [-0.2, 0) is 0 Å². The number of rotatable bonds is 5. The molecule has 0 spiro atoms. The molecule has 2 rings (SSSR count). The zero-order chi connectivity index (χ0) is 14.5. The van der Waals surface area contributed by atoms with Crippen LogP contribution in [0.5, 0.6) is 0 Å². The number of nitrogens with two attached hydrogens (primary N) is 1. The van der Waals surface area contributed by atoms with Gasteiger partial charge in [0.05, 0.1) is 23.5 Å². The molecule has 20 heavy (non-hydrogen) atoms. The Hall–Kier alpha value is -1.75. The number of carbonyl (C=O) groups is 1. The van der Waals surface area contributed by atoms with Crippen molar-refractivity contribution in [2.45, 2.75) is 38.1 Å². The lowest BCUT2D eigenvalue weighted by molar-refractivity contribution is 0.0697. The number of nitrogens with zero attached hydrogens (tertiary/aromatic N) is 1. The summed E-state index contributed by atoms with van der Waals surface area (Å²) >= 11 is 0. The number of anilines is 2. The van der Waals surface area contributed by atoms with Gasteiger partial charge in [0.1, 0.15) is 0 Å². The van der Waals surface area contributed by atoms with E-state index in [1.807, 2.05) is 4.90 Å². The van der Waals surface area contributed by atoms with Gasteiger partial charge >= 0.3 is 5.97 Å². The van der Waals surface area contributed by atoms with E-state index in [1.165, 1.54) is 6.42 Å². The highest BCUT2D eigenvalue weighted by atomic mass is 16.4. The molecule has 5 heteroatoms. The number of aromatic carboxylic acids is 1. The van der Waals surface area contributed by atoms with E-state index in [9.17, 15) is 15.0 Å². The zero-order valence-corrected chi connectivity index (χ0v) is 11.6. The van der Waals surface area contributed by atoms with E-state index in [4.69, 9.17) is 5.73 Å². The van der Waals surface area contributed by atoms with Crippen molar-refractivity contribution in [1.82, 2.24) is 0 Å². The van der Waals surface area contributed by atoms with Crippen molar-refractivity contribution >= 4 is 17.3 Å². The first-order valence-electron chi connectivity index (χ1n) is 7.14. The highest BCUT2D eigenvalue weighted by Gasteiger charge is 2.26. The summed E-state index contributed by atoms with van der Waals surface area (Å²) in [6.07, 6.45) is 5.55. The third-order valence-corrected chi connectivity index (χ3v) is 3.94. The van der Waals surface area contributed by atoms with Crippen LogP contribution in [-0.4, -0.2) is 35.4 Å². The van der Waals surface area contributed by atoms with Crippen molar-refractivity contribution in [3.8, 4) is 0 Å². The predicted molar refractivity (Wildman–Crippen MR) is 79.1 cm³/mol. The normalized spacial score (nSPS) is 16.1. The van der Waals surface area contributed by atoms with Crippen LogP contribution < -0.4 is 10.6 Å². The molecule has 0 aromatic heterocycles. The quantitative estimate of drug-likeness (QED) is 0.718. The van der Waals surface area contributed by atoms with Crippen LogP contribution >= 0.6 is 0 Å². The molecule has 5 nitrogen and oxygen atoms in total. The van der Waals surface area contributed by atoms with Crippen LogP contribution in [0.15, 0.2) is 18.2 Å². The summed E-state index contributed by atoms with van der Waals surface area (Å²) in [6, 6.07) is 5.20. The van der Waals surface area contributed by atoms with Crippen LogP contribution in [0.3, 0.4) is 0 Å². The minimum Gasteiger partial charge on any atom is -0.478 e. The molecule has 0 atom stereocenters. The molecule has 1 fully saturated rings. The maximum atomic E-state index is 11.4. The summed E-state index contributed by atoms with van der Waals surface area (Å²) in [7, 11) is 0. The number of carboxylic acids is 1. The molecule has 0 radical (unpaired) electrons. The van der Waals surface area contributed by atoms with Crippen molar-refractivity contribution in [3.63, 3.8) is 0 Å². The highest BCUT2D eigenvalue weighted by molar-refractivity contribution is 5.98. The van der Waals surface area contributed by atoms with Gasteiger partial charge in [-0.3, -0.25) is 0 Å². The molecule has 1 aliphatic rings. The number of aliphatic hydroxyl groups is 1. The van der Waals surface area contributed by atoms with Gasteiger partial charge in [0.15, 0.2) is 0 Å². The van der Waals surface area contributed by atoms with Gasteiger partial charge < -0.3 is 20.8 Å². The number of carboxylic acid groups (broad SMARTS) is 1. The molecule has 0 heterocycles. The van der Waals surface area contributed by atoms with Gasteiger partial charge in [0.25, 0.3) is 0 Å². The fourth-order valence-corrected chi connectivity index (χ4v) is 3.03. The number of para-hydroxylation sites is 1. The van der Waals surface area contributed by atoms with Gasteiger partial charge in [0, 0.05) is 12.6 Å². The second-order valence-corrected chi connectivity index (χ2v) is 5.26. The fraction of sp³-hybridized carbons (Fsp3) is 0.533. The van der Waals surface area contributed by atoms with Crippen molar-refractivity contribution in [2.24, 2.45) is 0 Å². The van der Waals surface area contributed by atoms with E-state index in [0.29, 0.717) is 17.9 Å². The summed E-state index contributed by atoms with van der Waals surface area (Å²) in [4.78, 5) is 13.4. The van der Waals surface area contributed by atoms with Gasteiger partial charge in [0.2, 0.25) is 0 Å². The zero-order valence-electron chi connectivity index (χ0n) is 11.6. The predicted octanol–water partition coefficient (Wildman–Crippen LogP) is 2.10. The minimum atomic E-state index is -0.981. The monoisotopic (exact) mass is 278 g/mol. The molecule has 110 valence electrons. The molecule has 1 saturated carbocycles. The highest BCUT2D eigenvalue weighted by Crippen LogP contribution is 2.33. The fourth-order valence-electron chi connectivity index (χ4n) is 3.03. The van der Waals surface area contributed by atoms with Crippen LogP contribution in [0.4, 0.5) is 11.4 Å². The Kier molecular flexibility index (Phi) is 4.84. The lowest BCUT2D eigenvalue weighted by atomic mass is 9.93. The van der Waals surface area contributed by atoms with Crippen LogP contribution in [0.2, 0.25) is 0 Å². The lowest BCUT2D eigenvalue weighted by Gasteiger charge is -2.37. The summed E-state index contributed by atoms with van der Waals surface area (Å²) in [5.74, 6) is -0.981. The number of hydrogen-bond acceptors (Lipinski definition) is 4. The first-order valence-corrected chi connectivity index (χ1v) is 7.14. The van der Waals surface area contributed by atoms with Gasteiger partial charge in [-0.05, 0) is 25.0 Å². The van der Waals surface area contributed by atoms with Crippen molar-refractivity contribution in [3.05, 3.63) is 23.8 Å². The molecule has 0 unspecified atom stereocenters. The van der Waals surface area contributed by atoms with E-state index >= 15 is 0 Å². The summed E-state index contributed by atoms with van der Waals surface area (Å²) in [5.41, 5.74) is 7.24. The molecular weight excluding hydrogens is 256 g/mol. The lowest BCUT2D eigenvalue weighted by Crippen LogP contribution is -2.40. The Balaban J connectivity index is 2.39. The third-order valence-electron chi connectivity index (χ3n) is 3.94. The maximum Gasteiger partial charge on any atom is 0.337 e. The van der Waals surface area contributed by atoms with Crippen LogP contribution in [0.1, 0.15) is 42.5 Å². The van der Waals surface area contributed by atoms with Gasteiger partial charge in [-0.2, -0.15) is 0 Å². The van der Waals surface area contributed by atoms with Crippen molar-refractivity contribution < 1.29 is 15.0 Å². The van der Waals surface area contributed by atoms with Crippen molar-refractivity contribution in [1.29, 1.82) is 0 Å². The largest absolute Gasteiger partial charge is 0.478 e. The van der Waals surface area contributed by atoms with Gasteiger partial charge in [-0.25, -0.2) is 4.79 Å². The molecule has 0 saturated heterocycles. The average molecular weight is 278 g/mol. The Morgan fingerprint density at radius 3 is 2.60 bits per heavy atom. The van der Waals surface area contributed by atoms with E-state index < -0.39 is 5.97 Å². The number of aliphatic hydroxyl groups excluding tert-OH is 1. The molecule has 1 aliphatic carbocycles. The van der Waals surface area contributed by atoms with Crippen LogP contribution in [0.25, 0.3) is 0 Å². The number of benzene rings is 1. The van der Waals surface area contributed by atoms with E-state index in [-0.39, 0.29) is 18.2 Å². The van der Waals surface area contributed by atoms with Gasteiger partial charge in [-0.15, -0.1) is 0 Å². The second-order valence-electron chi connectivity index (χ2n) is 5.26. The number of hydrogen-bond donors (Lipinski definition) is 3. The summed E-state index contributed by atoms with van der Waals surface area (Å²) in [6.45, 7) is 0.406. The Morgan fingerprint density at radius 1 is 1.30 bits per heavy atom. The molecule has 4 N–H and O–H groups in total. The van der Waals surface area contributed by atoms with E-state index in [0.717, 1.165) is 25.7 Å². The van der Waals surface area contributed by atoms with E-state index in [2.05, 4.69) is 0 Å². The third kappa shape index (κ3) is 3.04. The summed E-state index contributed by atoms with van der Waals surface area (Å²) < 4.78 is 0. The Bertz CT molecular complexity index is 470. The Labute approximate surface area is 119 Å². The molecular formula is C15H22N2O3. The molecule has 0 amide bonds. The SMILES string of the molecule is Nc1cccc(C(=O)O)c1N(CCO)C1CCCCC1. The molecule has 1 aromatic carbocycles. The van der Waals surface area contributed by atoms with E-state index in [1.54, 1.807) is 18.2 Å². The topological polar surface area (TPSA) is 86.8 Å². The first-order chi connectivity index (χ1) is 9.65. The standard InChI is InChI=1S/C15H22N2O3/c16-13-8-4-7-12(15(19)20)14(13)17(9-10-18)11-5-2-1-3-6-11/h4,7-8,11,18H,1-3,5-6,9-10,16H2,(H,19,20). The molecule has 0 bridgehead atoms. The molecule has 0 aliphatic heterocycles. The minimum absolute atomic E-state index is 0.0100.